The van der Waals surface area contributed by atoms with Gasteiger partial charge in [-0.05, 0) is 32.0 Å². The fourth-order valence-electron chi connectivity index (χ4n) is 3.42. The molecule has 0 bridgehead atoms. The molecule has 0 spiro atoms. The summed E-state index contributed by atoms with van der Waals surface area (Å²) >= 11 is 0. The summed E-state index contributed by atoms with van der Waals surface area (Å²) in [5, 5.41) is 5.81. The van der Waals surface area contributed by atoms with Crippen molar-refractivity contribution in [3.63, 3.8) is 0 Å². The van der Waals surface area contributed by atoms with Crippen LogP contribution in [0, 0.1) is 0 Å². The van der Waals surface area contributed by atoms with Crippen LogP contribution in [0.3, 0.4) is 0 Å². The minimum absolute atomic E-state index is 0.186. The highest BCUT2D eigenvalue weighted by molar-refractivity contribution is 6.01. The molecule has 0 unspecified atom stereocenters. The number of ether oxygens (including phenoxy) is 1. The van der Waals surface area contributed by atoms with Crippen LogP contribution in [0.5, 0.6) is 5.75 Å². The topological polar surface area (TPSA) is 73.9 Å². The normalized spacial score (nSPS) is 17.0. The molecule has 0 saturated carbocycles. The molecule has 1 aromatic carbocycles. The van der Waals surface area contributed by atoms with Crippen molar-refractivity contribution in [1.82, 2.24) is 10.2 Å². The van der Waals surface area contributed by atoms with E-state index in [9.17, 15) is 9.59 Å². The van der Waals surface area contributed by atoms with Crippen molar-refractivity contribution >= 4 is 23.2 Å². The number of nitrogens with zero attached hydrogens (tertiary/aromatic N) is 2. The summed E-state index contributed by atoms with van der Waals surface area (Å²) in [6, 6.07) is 3.83. The van der Waals surface area contributed by atoms with Crippen LogP contribution in [0.25, 0.3) is 0 Å². The SMILES string of the molecule is CCN1CCC[C@H]1CNC(=O)c1cc(NC(C)=O)c(N(C)C)cc1OC. The van der Waals surface area contributed by atoms with Gasteiger partial charge in [0.1, 0.15) is 5.75 Å². The van der Waals surface area contributed by atoms with Crippen LogP contribution in [-0.2, 0) is 4.79 Å². The third-order valence-corrected chi connectivity index (χ3v) is 4.76. The van der Waals surface area contributed by atoms with Gasteiger partial charge < -0.3 is 20.3 Å². The first-order valence-electron chi connectivity index (χ1n) is 9.06. The fourth-order valence-corrected chi connectivity index (χ4v) is 3.42. The Bertz CT molecular complexity index is 660. The van der Waals surface area contributed by atoms with Gasteiger partial charge in [0.15, 0.2) is 0 Å². The molecule has 144 valence electrons. The van der Waals surface area contributed by atoms with Crippen LogP contribution < -0.4 is 20.3 Å². The Balaban J connectivity index is 2.22. The Labute approximate surface area is 155 Å². The number of benzene rings is 1. The van der Waals surface area contributed by atoms with E-state index >= 15 is 0 Å². The Morgan fingerprint density at radius 3 is 2.65 bits per heavy atom. The van der Waals surface area contributed by atoms with Crippen molar-refractivity contribution in [2.75, 3.05) is 51.1 Å². The van der Waals surface area contributed by atoms with Crippen LogP contribution in [0.2, 0.25) is 0 Å². The highest BCUT2D eigenvalue weighted by Crippen LogP contribution is 2.33. The van der Waals surface area contributed by atoms with E-state index < -0.39 is 0 Å². The molecule has 7 nitrogen and oxygen atoms in total. The zero-order valence-corrected chi connectivity index (χ0v) is 16.4. The van der Waals surface area contributed by atoms with Gasteiger partial charge in [-0.2, -0.15) is 0 Å². The molecule has 7 heteroatoms. The zero-order valence-electron chi connectivity index (χ0n) is 16.4. The summed E-state index contributed by atoms with van der Waals surface area (Å²) in [6.07, 6.45) is 2.27. The molecule has 26 heavy (non-hydrogen) atoms. The summed E-state index contributed by atoms with van der Waals surface area (Å²) in [7, 11) is 5.29. The maximum Gasteiger partial charge on any atom is 0.255 e. The lowest BCUT2D eigenvalue weighted by Crippen LogP contribution is -2.40. The summed E-state index contributed by atoms with van der Waals surface area (Å²) in [5.74, 6) is 0.106. The number of likely N-dealkylation sites (N-methyl/N-ethyl adjacent to an activating group) is 1. The summed E-state index contributed by atoms with van der Waals surface area (Å²) in [4.78, 5) is 28.5. The number of hydrogen-bond acceptors (Lipinski definition) is 5. The quantitative estimate of drug-likeness (QED) is 0.775. The number of methoxy groups -OCH3 is 1. The fraction of sp³-hybridized carbons (Fsp3) is 0.579. The van der Waals surface area contributed by atoms with Gasteiger partial charge in [-0.3, -0.25) is 14.5 Å². The van der Waals surface area contributed by atoms with Gasteiger partial charge in [0.05, 0.1) is 24.0 Å². The van der Waals surface area contributed by atoms with E-state index in [0.717, 1.165) is 25.2 Å². The van der Waals surface area contributed by atoms with E-state index in [2.05, 4.69) is 22.5 Å². The second kappa shape index (κ2) is 8.89. The van der Waals surface area contributed by atoms with Crippen molar-refractivity contribution < 1.29 is 14.3 Å². The van der Waals surface area contributed by atoms with Gasteiger partial charge in [-0.1, -0.05) is 6.92 Å². The lowest BCUT2D eigenvalue weighted by atomic mass is 10.1. The molecule has 1 aliphatic rings. The molecule has 1 atom stereocenters. The van der Waals surface area contributed by atoms with Crippen molar-refractivity contribution in [2.45, 2.75) is 32.7 Å². The maximum atomic E-state index is 12.8. The molecule has 1 saturated heterocycles. The van der Waals surface area contributed by atoms with Gasteiger partial charge >= 0.3 is 0 Å². The zero-order chi connectivity index (χ0) is 19.3. The second-order valence-corrected chi connectivity index (χ2v) is 6.78. The van der Waals surface area contributed by atoms with Crippen molar-refractivity contribution in [1.29, 1.82) is 0 Å². The van der Waals surface area contributed by atoms with Crippen LogP contribution in [-0.4, -0.2) is 63.6 Å². The molecule has 2 rings (SSSR count). The van der Waals surface area contributed by atoms with E-state index in [4.69, 9.17) is 4.74 Å². The Morgan fingerprint density at radius 1 is 1.35 bits per heavy atom. The number of likely N-dealkylation sites (tertiary alicyclic amines) is 1. The Hall–Kier alpha value is -2.28. The first-order valence-corrected chi connectivity index (χ1v) is 9.06. The van der Waals surface area contributed by atoms with Gasteiger partial charge in [0.2, 0.25) is 5.91 Å². The lowest BCUT2D eigenvalue weighted by Gasteiger charge is -2.24. The van der Waals surface area contributed by atoms with Crippen molar-refractivity contribution in [2.24, 2.45) is 0 Å². The molecular weight excluding hydrogens is 332 g/mol. The van der Waals surface area contributed by atoms with Gasteiger partial charge in [-0.25, -0.2) is 0 Å². The van der Waals surface area contributed by atoms with Crippen LogP contribution >= 0.6 is 0 Å². The van der Waals surface area contributed by atoms with E-state index in [-0.39, 0.29) is 11.8 Å². The molecule has 1 aliphatic heterocycles. The number of anilines is 2. The standard InChI is InChI=1S/C19H30N4O3/c1-6-23-9-7-8-14(23)12-20-19(25)15-10-16(21-13(2)24)17(22(3)4)11-18(15)26-5/h10-11,14H,6-9,12H2,1-5H3,(H,20,25)(H,21,24)/t14-/m0/s1. The molecule has 0 radical (unpaired) electrons. The highest BCUT2D eigenvalue weighted by atomic mass is 16.5. The average molecular weight is 362 g/mol. The lowest BCUT2D eigenvalue weighted by molar-refractivity contribution is -0.114. The van der Waals surface area contributed by atoms with Crippen LogP contribution in [0.1, 0.15) is 37.0 Å². The first-order chi connectivity index (χ1) is 12.4. The predicted octanol–water partition coefficient (Wildman–Crippen LogP) is 1.93. The van der Waals surface area contributed by atoms with Crippen LogP contribution in [0.15, 0.2) is 12.1 Å². The van der Waals surface area contributed by atoms with Crippen molar-refractivity contribution in [3.8, 4) is 5.75 Å². The minimum Gasteiger partial charge on any atom is -0.496 e. The predicted molar refractivity (Wildman–Crippen MR) is 104 cm³/mol. The molecule has 2 N–H and O–H groups in total. The monoisotopic (exact) mass is 362 g/mol. The highest BCUT2D eigenvalue weighted by Gasteiger charge is 2.24. The molecule has 0 aliphatic carbocycles. The van der Waals surface area contributed by atoms with Crippen LogP contribution in [0.4, 0.5) is 11.4 Å². The number of nitrogens with one attached hydrogen (secondary N) is 2. The second-order valence-electron chi connectivity index (χ2n) is 6.78. The van der Waals surface area contributed by atoms with Crippen molar-refractivity contribution in [3.05, 3.63) is 17.7 Å². The number of carbonyl (C=O) groups excluding carboxylic acids is 2. The minimum atomic E-state index is -0.193. The third-order valence-electron chi connectivity index (χ3n) is 4.76. The molecule has 1 fully saturated rings. The molecule has 2 amide bonds. The van der Waals surface area contributed by atoms with Gasteiger partial charge in [-0.15, -0.1) is 0 Å². The van der Waals surface area contributed by atoms with E-state index in [1.54, 1.807) is 19.2 Å². The third kappa shape index (κ3) is 4.66. The number of carbonyl (C=O) groups is 2. The summed E-state index contributed by atoms with van der Waals surface area (Å²) in [6.45, 7) is 6.28. The number of hydrogen-bond donors (Lipinski definition) is 2. The summed E-state index contributed by atoms with van der Waals surface area (Å²) < 4.78 is 5.42. The van der Waals surface area contributed by atoms with E-state index in [0.29, 0.717) is 29.6 Å². The first kappa shape index (κ1) is 20.0. The van der Waals surface area contributed by atoms with Gasteiger partial charge in [0, 0.05) is 39.7 Å². The number of amides is 2. The summed E-state index contributed by atoms with van der Waals surface area (Å²) in [5.41, 5.74) is 1.79. The Morgan fingerprint density at radius 2 is 2.08 bits per heavy atom. The number of rotatable bonds is 7. The van der Waals surface area contributed by atoms with E-state index in [1.807, 2.05) is 19.0 Å². The molecular formula is C19H30N4O3. The van der Waals surface area contributed by atoms with E-state index in [1.165, 1.54) is 13.3 Å². The Kier molecular flexibility index (Phi) is 6.85. The molecule has 1 aromatic rings. The molecule has 0 aromatic heterocycles. The van der Waals surface area contributed by atoms with Gasteiger partial charge in [0.25, 0.3) is 5.91 Å². The smallest absolute Gasteiger partial charge is 0.255 e. The average Bonchev–Trinajstić information content (AvgIpc) is 3.06. The molecule has 1 heterocycles. The maximum absolute atomic E-state index is 12.8. The largest absolute Gasteiger partial charge is 0.496 e.